The lowest BCUT2D eigenvalue weighted by atomic mass is 9.95. The minimum Gasteiger partial charge on any atom is -0.310 e. The number of hydrogen-bond donors (Lipinski definition) is 1. The summed E-state index contributed by atoms with van der Waals surface area (Å²) in [6.07, 6.45) is 8.98. The molecule has 0 radical (unpaired) electrons. The van der Waals surface area contributed by atoms with Crippen molar-refractivity contribution in [2.24, 2.45) is 0 Å². The summed E-state index contributed by atoms with van der Waals surface area (Å²) in [4.78, 5) is 0. The van der Waals surface area contributed by atoms with Gasteiger partial charge in [-0.2, -0.15) is 0 Å². The second-order valence-electron chi connectivity index (χ2n) is 4.46. The van der Waals surface area contributed by atoms with Crippen LogP contribution in [0.1, 0.15) is 65.7 Å². The van der Waals surface area contributed by atoms with Crippen molar-refractivity contribution >= 4 is 11.6 Å². The molecule has 0 aliphatic heterocycles. The molecule has 0 atom stereocenters. The molecule has 0 bridgehead atoms. The van der Waals surface area contributed by atoms with Crippen LogP contribution in [0.25, 0.3) is 0 Å². The summed E-state index contributed by atoms with van der Waals surface area (Å²) in [5.74, 6) is 0.731. The van der Waals surface area contributed by atoms with Crippen LogP contribution in [-0.4, -0.2) is 18.0 Å². The molecular formula is C13H28ClN. The molecular weight excluding hydrogens is 206 g/mol. The average Bonchev–Trinajstić information content (AvgIpc) is 2.29. The Balaban J connectivity index is 3.54. The van der Waals surface area contributed by atoms with Crippen molar-refractivity contribution in [2.45, 2.75) is 71.3 Å². The van der Waals surface area contributed by atoms with Crippen molar-refractivity contribution in [1.29, 1.82) is 0 Å². The lowest BCUT2D eigenvalue weighted by Crippen LogP contribution is -2.46. The van der Waals surface area contributed by atoms with E-state index in [0.29, 0.717) is 0 Å². The summed E-state index contributed by atoms with van der Waals surface area (Å²) in [5, 5.41) is 3.63. The molecule has 1 N–H and O–H groups in total. The van der Waals surface area contributed by atoms with E-state index in [0.717, 1.165) is 25.3 Å². The Morgan fingerprint density at radius 2 is 1.53 bits per heavy atom. The third kappa shape index (κ3) is 6.42. The van der Waals surface area contributed by atoms with Crippen LogP contribution >= 0.6 is 11.6 Å². The second-order valence-corrected chi connectivity index (χ2v) is 4.73. The molecule has 0 saturated heterocycles. The predicted octanol–water partition coefficient (Wildman–Crippen LogP) is 4.34. The van der Waals surface area contributed by atoms with E-state index in [1.165, 1.54) is 32.1 Å². The Hall–Kier alpha value is 0.250. The van der Waals surface area contributed by atoms with Crippen molar-refractivity contribution in [3.8, 4) is 0 Å². The molecule has 0 rings (SSSR count). The number of rotatable bonds is 10. The standard InChI is InChI=1S/C13H28ClN/c1-4-7-8-9-10-11-15-13(5-2,6-3)12-14/h15H,4-12H2,1-3H3. The molecule has 0 unspecified atom stereocenters. The van der Waals surface area contributed by atoms with Gasteiger partial charge in [0.15, 0.2) is 0 Å². The fourth-order valence-corrected chi connectivity index (χ4v) is 2.29. The zero-order valence-electron chi connectivity index (χ0n) is 10.7. The lowest BCUT2D eigenvalue weighted by molar-refractivity contribution is 0.333. The van der Waals surface area contributed by atoms with Crippen LogP contribution < -0.4 is 5.32 Å². The fourth-order valence-electron chi connectivity index (χ4n) is 1.82. The highest BCUT2D eigenvalue weighted by atomic mass is 35.5. The largest absolute Gasteiger partial charge is 0.310 e. The summed E-state index contributed by atoms with van der Waals surface area (Å²) in [7, 11) is 0. The van der Waals surface area contributed by atoms with Gasteiger partial charge in [0.2, 0.25) is 0 Å². The molecule has 0 aromatic carbocycles. The van der Waals surface area contributed by atoms with Crippen LogP contribution in [0.5, 0.6) is 0 Å². The van der Waals surface area contributed by atoms with E-state index in [4.69, 9.17) is 11.6 Å². The second kappa shape index (κ2) is 9.47. The van der Waals surface area contributed by atoms with E-state index >= 15 is 0 Å². The SMILES string of the molecule is CCCCCCCNC(CC)(CC)CCl. The van der Waals surface area contributed by atoms with E-state index in [-0.39, 0.29) is 5.54 Å². The van der Waals surface area contributed by atoms with Gasteiger partial charge in [-0.05, 0) is 25.8 Å². The maximum absolute atomic E-state index is 6.02. The monoisotopic (exact) mass is 233 g/mol. The van der Waals surface area contributed by atoms with Gasteiger partial charge in [-0.1, -0.05) is 46.5 Å². The van der Waals surface area contributed by atoms with Crippen molar-refractivity contribution in [2.75, 3.05) is 12.4 Å². The first-order valence-corrected chi connectivity index (χ1v) is 7.09. The van der Waals surface area contributed by atoms with E-state index in [1.54, 1.807) is 0 Å². The first kappa shape index (κ1) is 15.2. The van der Waals surface area contributed by atoms with Gasteiger partial charge in [0.25, 0.3) is 0 Å². The summed E-state index contributed by atoms with van der Waals surface area (Å²) < 4.78 is 0. The number of nitrogens with one attached hydrogen (secondary N) is 1. The van der Waals surface area contributed by atoms with Gasteiger partial charge < -0.3 is 5.32 Å². The molecule has 0 aliphatic carbocycles. The third-order valence-electron chi connectivity index (χ3n) is 3.39. The van der Waals surface area contributed by atoms with E-state index in [9.17, 15) is 0 Å². The molecule has 2 heteroatoms. The highest BCUT2D eigenvalue weighted by molar-refractivity contribution is 6.18. The van der Waals surface area contributed by atoms with E-state index in [1.807, 2.05) is 0 Å². The molecule has 0 aliphatic rings. The van der Waals surface area contributed by atoms with Crippen molar-refractivity contribution < 1.29 is 0 Å². The Kier molecular flexibility index (Phi) is 9.63. The third-order valence-corrected chi connectivity index (χ3v) is 3.90. The Bertz CT molecular complexity index is 124. The van der Waals surface area contributed by atoms with Gasteiger partial charge >= 0.3 is 0 Å². The summed E-state index contributed by atoms with van der Waals surface area (Å²) in [5.41, 5.74) is 0.187. The van der Waals surface area contributed by atoms with Gasteiger partial charge in [-0.3, -0.25) is 0 Å². The highest BCUT2D eigenvalue weighted by Gasteiger charge is 2.23. The lowest BCUT2D eigenvalue weighted by Gasteiger charge is -2.30. The Labute approximate surface area is 101 Å². The maximum Gasteiger partial charge on any atom is 0.0405 e. The molecule has 0 amide bonds. The van der Waals surface area contributed by atoms with Crippen LogP contribution in [0.2, 0.25) is 0 Å². The van der Waals surface area contributed by atoms with Gasteiger partial charge in [0.05, 0.1) is 0 Å². The van der Waals surface area contributed by atoms with E-state index in [2.05, 4.69) is 26.1 Å². The predicted molar refractivity (Wildman–Crippen MR) is 70.8 cm³/mol. The van der Waals surface area contributed by atoms with Crippen LogP contribution in [0.4, 0.5) is 0 Å². The molecule has 92 valence electrons. The van der Waals surface area contributed by atoms with Crippen LogP contribution in [0.15, 0.2) is 0 Å². The zero-order valence-corrected chi connectivity index (χ0v) is 11.5. The Morgan fingerprint density at radius 1 is 0.933 bits per heavy atom. The summed E-state index contributed by atoms with van der Waals surface area (Å²) in [6, 6.07) is 0. The maximum atomic E-state index is 6.02. The van der Waals surface area contributed by atoms with Crippen LogP contribution in [0, 0.1) is 0 Å². The van der Waals surface area contributed by atoms with Crippen molar-refractivity contribution in [3.05, 3.63) is 0 Å². The van der Waals surface area contributed by atoms with Gasteiger partial charge in [0.1, 0.15) is 0 Å². The van der Waals surface area contributed by atoms with Crippen LogP contribution in [-0.2, 0) is 0 Å². The highest BCUT2D eigenvalue weighted by Crippen LogP contribution is 2.17. The van der Waals surface area contributed by atoms with Crippen LogP contribution in [0.3, 0.4) is 0 Å². The number of hydrogen-bond acceptors (Lipinski definition) is 1. The fraction of sp³-hybridized carbons (Fsp3) is 1.00. The molecule has 0 spiro atoms. The molecule has 0 saturated carbocycles. The normalized spacial score (nSPS) is 12.0. The molecule has 0 aromatic rings. The number of alkyl halides is 1. The minimum atomic E-state index is 0.187. The number of halogens is 1. The topological polar surface area (TPSA) is 12.0 Å². The minimum absolute atomic E-state index is 0.187. The summed E-state index contributed by atoms with van der Waals surface area (Å²) in [6.45, 7) is 7.81. The average molecular weight is 234 g/mol. The number of unbranched alkanes of at least 4 members (excludes halogenated alkanes) is 4. The molecule has 1 nitrogen and oxygen atoms in total. The van der Waals surface area contributed by atoms with Crippen molar-refractivity contribution in [1.82, 2.24) is 5.32 Å². The van der Waals surface area contributed by atoms with Gasteiger partial charge in [-0.15, -0.1) is 11.6 Å². The van der Waals surface area contributed by atoms with Gasteiger partial charge in [-0.25, -0.2) is 0 Å². The first-order valence-electron chi connectivity index (χ1n) is 6.55. The first-order chi connectivity index (χ1) is 7.24. The molecule has 0 aromatic heterocycles. The van der Waals surface area contributed by atoms with E-state index < -0.39 is 0 Å². The molecule has 0 heterocycles. The molecule has 0 fully saturated rings. The quantitative estimate of drug-likeness (QED) is 0.437. The zero-order chi connectivity index (χ0) is 11.6. The smallest absolute Gasteiger partial charge is 0.0405 e. The van der Waals surface area contributed by atoms with Crippen molar-refractivity contribution in [3.63, 3.8) is 0 Å². The summed E-state index contributed by atoms with van der Waals surface area (Å²) >= 11 is 6.02. The Morgan fingerprint density at radius 3 is 2.00 bits per heavy atom. The molecule has 15 heavy (non-hydrogen) atoms. The van der Waals surface area contributed by atoms with Gasteiger partial charge in [0, 0.05) is 11.4 Å².